The maximum Gasteiger partial charge on any atom is 0.260 e. The minimum absolute atomic E-state index is 0. The van der Waals surface area contributed by atoms with E-state index in [2.05, 4.69) is 16.5 Å². The van der Waals surface area contributed by atoms with Gasteiger partial charge in [0.1, 0.15) is 5.65 Å². The first-order valence-corrected chi connectivity index (χ1v) is 9.38. The van der Waals surface area contributed by atoms with Crippen molar-refractivity contribution in [2.24, 2.45) is 0 Å². The molecule has 1 unspecified atom stereocenters. The first-order chi connectivity index (χ1) is 10.9. The lowest BCUT2D eigenvalue weighted by Gasteiger charge is -2.20. The van der Waals surface area contributed by atoms with Crippen molar-refractivity contribution in [3.8, 4) is 0 Å². The van der Waals surface area contributed by atoms with Gasteiger partial charge in [0.05, 0.1) is 10.8 Å². The van der Waals surface area contributed by atoms with E-state index in [9.17, 15) is 9.00 Å². The maximum absolute atomic E-state index is 13.1. The van der Waals surface area contributed by atoms with Crippen LogP contribution in [0.3, 0.4) is 0 Å². The van der Waals surface area contributed by atoms with E-state index in [1.807, 2.05) is 13.8 Å². The van der Waals surface area contributed by atoms with Crippen molar-refractivity contribution in [3.63, 3.8) is 0 Å². The van der Waals surface area contributed by atoms with E-state index in [0.29, 0.717) is 11.2 Å². The van der Waals surface area contributed by atoms with E-state index < -0.39 is 10.8 Å². The van der Waals surface area contributed by atoms with Crippen LogP contribution in [-0.4, -0.2) is 30.5 Å². The molecule has 0 aromatic carbocycles. The molecular formula is C17H23N3O3S. The predicted octanol–water partition coefficient (Wildman–Crippen LogP) is 2.16. The van der Waals surface area contributed by atoms with Crippen molar-refractivity contribution < 1.29 is 9.69 Å². The predicted molar refractivity (Wildman–Crippen MR) is 96.7 cm³/mol. The van der Waals surface area contributed by atoms with Crippen LogP contribution in [0.4, 0.5) is 0 Å². The van der Waals surface area contributed by atoms with Crippen LogP contribution in [0.5, 0.6) is 0 Å². The van der Waals surface area contributed by atoms with Crippen molar-refractivity contribution in [3.05, 3.63) is 34.3 Å². The molecule has 0 saturated heterocycles. The molecule has 1 aliphatic carbocycles. The van der Waals surface area contributed by atoms with Gasteiger partial charge in [-0.05, 0) is 37.8 Å². The SMILES string of the molecule is C=C(C)c1c(C)c2cnc(S(C)=O)nc2n(C2CCCC2)c1=O.O. The summed E-state index contributed by atoms with van der Waals surface area (Å²) in [6.45, 7) is 7.72. The van der Waals surface area contributed by atoms with Crippen molar-refractivity contribution in [1.29, 1.82) is 0 Å². The summed E-state index contributed by atoms with van der Waals surface area (Å²) in [4.78, 5) is 21.8. The molecule has 2 N–H and O–H groups in total. The highest BCUT2D eigenvalue weighted by Crippen LogP contribution is 2.32. The highest BCUT2D eigenvalue weighted by Gasteiger charge is 2.24. The maximum atomic E-state index is 13.1. The van der Waals surface area contributed by atoms with E-state index in [4.69, 9.17) is 0 Å². The quantitative estimate of drug-likeness (QED) is 0.793. The number of hydrogen-bond donors (Lipinski definition) is 0. The van der Waals surface area contributed by atoms with Crippen LogP contribution >= 0.6 is 0 Å². The number of hydrogen-bond acceptors (Lipinski definition) is 4. The Bertz CT molecular complexity index is 883. The zero-order valence-corrected chi connectivity index (χ0v) is 15.1. The van der Waals surface area contributed by atoms with E-state index >= 15 is 0 Å². The molecule has 6 nitrogen and oxygen atoms in total. The van der Waals surface area contributed by atoms with Crippen LogP contribution in [0.25, 0.3) is 16.6 Å². The van der Waals surface area contributed by atoms with Crippen LogP contribution in [0, 0.1) is 6.92 Å². The second-order valence-electron chi connectivity index (χ2n) is 6.24. The van der Waals surface area contributed by atoms with E-state index in [0.717, 1.165) is 42.2 Å². The van der Waals surface area contributed by atoms with Crippen LogP contribution in [-0.2, 0) is 10.8 Å². The van der Waals surface area contributed by atoms with Gasteiger partial charge >= 0.3 is 0 Å². The standard InChI is InChI=1S/C17H21N3O2S.H2O/c1-10(2)14-11(3)13-9-18-17(23(4)22)19-15(13)20(16(14)21)12-7-5-6-8-12;/h9,12H,1,5-8H2,2-4H3;1H2. The molecule has 0 aliphatic heterocycles. The Hall–Kier alpha value is -1.86. The lowest BCUT2D eigenvalue weighted by atomic mass is 10.0. The van der Waals surface area contributed by atoms with Gasteiger partial charge in [-0.2, -0.15) is 0 Å². The van der Waals surface area contributed by atoms with Gasteiger partial charge in [-0.1, -0.05) is 19.4 Å². The molecule has 7 heteroatoms. The summed E-state index contributed by atoms with van der Waals surface area (Å²) < 4.78 is 13.5. The summed E-state index contributed by atoms with van der Waals surface area (Å²) in [5.41, 5.74) is 2.81. The smallest absolute Gasteiger partial charge is 0.260 e. The molecule has 0 radical (unpaired) electrons. The lowest BCUT2D eigenvalue weighted by Crippen LogP contribution is -2.28. The Labute approximate surface area is 143 Å². The molecule has 1 fully saturated rings. The molecule has 0 spiro atoms. The topological polar surface area (TPSA) is 96.3 Å². The van der Waals surface area contributed by atoms with Gasteiger partial charge in [0.15, 0.2) is 0 Å². The van der Waals surface area contributed by atoms with Gasteiger partial charge < -0.3 is 5.48 Å². The fourth-order valence-electron chi connectivity index (χ4n) is 3.46. The number of pyridine rings is 1. The number of rotatable bonds is 3. The Morgan fingerprint density at radius 3 is 2.54 bits per heavy atom. The van der Waals surface area contributed by atoms with Crippen molar-refractivity contribution in [2.45, 2.75) is 50.7 Å². The van der Waals surface area contributed by atoms with Crippen molar-refractivity contribution in [2.75, 3.05) is 6.26 Å². The molecule has 1 saturated carbocycles. The van der Waals surface area contributed by atoms with Crippen molar-refractivity contribution in [1.82, 2.24) is 14.5 Å². The van der Waals surface area contributed by atoms with Crippen LogP contribution in [0.2, 0.25) is 0 Å². The lowest BCUT2D eigenvalue weighted by molar-refractivity contribution is 0.513. The normalized spacial score (nSPS) is 16.1. The average molecular weight is 349 g/mol. The Morgan fingerprint density at radius 2 is 2.00 bits per heavy atom. The molecule has 24 heavy (non-hydrogen) atoms. The van der Waals surface area contributed by atoms with E-state index in [1.54, 1.807) is 17.0 Å². The third-order valence-corrected chi connectivity index (χ3v) is 5.27. The Morgan fingerprint density at radius 1 is 1.38 bits per heavy atom. The van der Waals surface area contributed by atoms with E-state index in [1.165, 1.54) is 0 Å². The molecule has 130 valence electrons. The third kappa shape index (κ3) is 2.93. The van der Waals surface area contributed by atoms with Crippen LogP contribution in [0.15, 0.2) is 22.7 Å². The molecule has 1 aliphatic rings. The third-order valence-electron chi connectivity index (χ3n) is 4.56. The highest BCUT2D eigenvalue weighted by molar-refractivity contribution is 7.84. The first kappa shape index (κ1) is 18.5. The molecule has 2 aromatic rings. The molecule has 2 aromatic heterocycles. The zero-order chi connectivity index (χ0) is 16.7. The van der Waals surface area contributed by atoms with Gasteiger partial charge in [-0.25, -0.2) is 9.97 Å². The van der Waals surface area contributed by atoms with Gasteiger partial charge in [0.2, 0.25) is 5.16 Å². The zero-order valence-electron chi connectivity index (χ0n) is 14.3. The number of aryl methyl sites for hydroxylation is 1. The first-order valence-electron chi connectivity index (χ1n) is 7.83. The monoisotopic (exact) mass is 349 g/mol. The Kier molecular flexibility index (Phi) is 5.35. The largest absolute Gasteiger partial charge is 0.412 e. The highest BCUT2D eigenvalue weighted by atomic mass is 32.2. The van der Waals surface area contributed by atoms with Gasteiger partial charge in [-0.15, -0.1) is 0 Å². The molecule has 0 amide bonds. The fraction of sp³-hybridized carbons (Fsp3) is 0.471. The fourth-order valence-corrected chi connectivity index (χ4v) is 3.88. The second kappa shape index (κ2) is 6.94. The van der Waals surface area contributed by atoms with Crippen LogP contribution < -0.4 is 5.56 Å². The number of allylic oxidation sites excluding steroid dienone is 1. The van der Waals surface area contributed by atoms with E-state index in [-0.39, 0.29) is 22.2 Å². The molecular weight excluding hydrogens is 326 g/mol. The van der Waals surface area contributed by atoms with Crippen molar-refractivity contribution >= 4 is 27.4 Å². The van der Waals surface area contributed by atoms with Gasteiger partial charge in [0.25, 0.3) is 5.56 Å². The second-order valence-corrected chi connectivity index (χ2v) is 7.51. The number of aromatic nitrogens is 3. The molecule has 1 atom stereocenters. The molecule has 2 heterocycles. The average Bonchev–Trinajstić information content (AvgIpc) is 3.00. The number of fused-ring (bicyclic) bond motifs is 1. The summed E-state index contributed by atoms with van der Waals surface area (Å²) in [7, 11) is -1.28. The minimum atomic E-state index is -1.28. The van der Waals surface area contributed by atoms with Gasteiger partial charge in [-0.3, -0.25) is 13.6 Å². The molecule has 3 rings (SSSR count). The minimum Gasteiger partial charge on any atom is -0.412 e. The summed E-state index contributed by atoms with van der Waals surface area (Å²) in [6.07, 6.45) is 7.42. The van der Waals surface area contributed by atoms with Gasteiger partial charge in [0, 0.05) is 29.4 Å². The Balaban J connectivity index is 0.00000208. The molecule has 0 bridgehead atoms. The summed E-state index contributed by atoms with van der Waals surface area (Å²) in [6, 6.07) is 0.150. The summed E-state index contributed by atoms with van der Waals surface area (Å²) in [5.74, 6) is 0. The summed E-state index contributed by atoms with van der Waals surface area (Å²) in [5, 5.41) is 1.11. The number of nitrogens with zero attached hydrogens (tertiary/aromatic N) is 3. The summed E-state index contributed by atoms with van der Waals surface area (Å²) >= 11 is 0. The van der Waals surface area contributed by atoms with Crippen LogP contribution in [0.1, 0.15) is 49.8 Å².